The zero-order chi connectivity index (χ0) is 12.8. The average molecular weight is 236 g/mol. The van der Waals surface area contributed by atoms with Crippen LogP contribution in [0.1, 0.15) is 32.6 Å². The molecule has 0 rings (SSSR count). The zero-order valence-corrected chi connectivity index (χ0v) is 8.67. The number of rotatable bonds is 6. The van der Waals surface area contributed by atoms with Crippen molar-refractivity contribution in [2.24, 2.45) is 0 Å². The molecule has 0 aliphatic rings. The third-order valence-corrected chi connectivity index (χ3v) is 1.84. The minimum atomic E-state index is -5.19. The molecule has 0 N–H and O–H groups in total. The molecule has 0 atom stereocenters. The SMILES string of the molecule is CCCCCC(=O)C(=[N+]=[N-])C(=O)C(F)(F)F. The van der Waals surface area contributed by atoms with E-state index in [-0.39, 0.29) is 6.42 Å². The van der Waals surface area contributed by atoms with Crippen LogP contribution in [0, 0.1) is 0 Å². The van der Waals surface area contributed by atoms with Gasteiger partial charge in [0.15, 0.2) is 0 Å². The molecule has 0 aromatic rings. The number of nitrogens with zero attached hydrogens (tertiary/aromatic N) is 2. The highest BCUT2D eigenvalue weighted by Gasteiger charge is 2.49. The van der Waals surface area contributed by atoms with Crippen molar-refractivity contribution >= 4 is 17.3 Å². The van der Waals surface area contributed by atoms with E-state index >= 15 is 0 Å². The Kier molecular flexibility index (Phi) is 5.60. The molecule has 0 saturated carbocycles. The van der Waals surface area contributed by atoms with Gasteiger partial charge in [0.05, 0.1) is 0 Å². The number of carbonyl (C=O) groups excluding carboxylic acids is 2. The van der Waals surface area contributed by atoms with Crippen LogP contribution in [0.4, 0.5) is 13.2 Å². The van der Waals surface area contributed by atoms with Gasteiger partial charge >= 0.3 is 17.7 Å². The number of Topliss-reactive ketones (excluding diaryl/α,β-unsaturated/α-hetero) is 2. The van der Waals surface area contributed by atoms with E-state index in [1.165, 1.54) is 0 Å². The highest BCUT2D eigenvalue weighted by molar-refractivity contribution is 6.65. The molecular formula is C9H11F3N2O2. The van der Waals surface area contributed by atoms with Crippen LogP contribution in [0.15, 0.2) is 0 Å². The lowest BCUT2D eigenvalue weighted by Gasteiger charge is -2.00. The molecule has 16 heavy (non-hydrogen) atoms. The van der Waals surface area contributed by atoms with E-state index in [0.29, 0.717) is 12.8 Å². The normalized spacial score (nSPS) is 10.8. The molecule has 0 aromatic heterocycles. The minimum Gasteiger partial charge on any atom is -0.360 e. The molecule has 0 aliphatic carbocycles. The molecule has 0 heterocycles. The maximum atomic E-state index is 11.9. The Morgan fingerprint density at radius 1 is 1.25 bits per heavy atom. The summed E-state index contributed by atoms with van der Waals surface area (Å²) in [5.74, 6) is -3.49. The largest absolute Gasteiger partial charge is 0.462 e. The van der Waals surface area contributed by atoms with Crippen LogP contribution in [0.2, 0.25) is 0 Å². The van der Waals surface area contributed by atoms with Crippen LogP contribution < -0.4 is 0 Å². The minimum absolute atomic E-state index is 0.227. The first-order chi connectivity index (χ1) is 7.34. The van der Waals surface area contributed by atoms with Crippen molar-refractivity contribution in [3.63, 3.8) is 0 Å². The fraction of sp³-hybridized carbons (Fsp3) is 0.667. The Morgan fingerprint density at radius 2 is 1.81 bits per heavy atom. The Labute approximate surface area is 90.1 Å². The highest BCUT2D eigenvalue weighted by atomic mass is 19.4. The Bertz CT molecular complexity index is 330. The molecule has 90 valence electrons. The molecular weight excluding hydrogens is 225 g/mol. The standard InChI is InChI=1S/C9H11F3N2O2/c1-2-3-4-5-6(15)7(14-13)8(16)9(10,11)12/h2-5H2,1H3. The number of carbonyl (C=O) groups is 2. The summed E-state index contributed by atoms with van der Waals surface area (Å²) in [6.45, 7) is 1.85. The van der Waals surface area contributed by atoms with Crippen LogP contribution in [0.5, 0.6) is 0 Å². The lowest BCUT2D eigenvalue weighted by molar-refractivity contribution is -0.167. The van der Waals surface area contributed by atoms with Crippen LogP contribution >= 0.6 is 0 Å². The highest BCUT2D eigenvalue weighted by Crippen LogP contribution is 2.17. The fourth-order valence-electron chi connectivity index (χ4n) is 1.02. The molecule has 0 unspecified atom stereocenters. The molecule has 4 nitrogen and oxygen atoms in total. The second-order valence-electron chi connectivity index (χ2n) is 3.16. The predicted molar refractivity (Wildman–Crippen MR) is 48.8 cm³/mol. The van der Waals surface area contributed by atoms with Gasteiger partial charge in [-0.3, -0.25) is 9.59 Å². The van der Waals surface area contributed by atoms with Gasteiger partial charge in [-0.2, -0.15) is 18.0 Å². The first-order valence-electron chi connectivity index (χ1n) is 4.71. The summed E-state index contributed by atoms with van der Waals surface area (Å²) in [6, 6.07) is 0. The summed E-state index contributed by atoms with van der Waals surface area (Å²) in [6.07, 6.45) is -3.62. The molecule has 0 spiro atoms. The fourth-order valence-corrected chi connectivity index (χ4v) is 1.02. The molecule has 7 heteroatoms. The molecule has 0 aromatic carbocycles. The van der Waals surface area contributed by atoms with E-state index in [2.05, 4.69) is 4.79 Å². The predicted octanol–water partition coefficient (Wildman–Crippen LogP) is 1.94. The van der Waals surface area contributed by atoms with Gasteiger partial charge < -0.3 is 5.53 Å². The molecule has 0 saturated heterocycles. The van der Waals surface area contributed by atoms with Crippen molar-refractivity contribution in [3.05, 3.63) is 5.53 Å². The first-order valence-corrected chi connectivity index (χ1v) is 4.71. The molecule has 0 bridgehead atoms. The smallest absolute Gasteiger partial charge is 0.360 e. The summed E-state index contributed by atoms with van der Waals surface area (Å²) < 4.78 is 35.8. The van der Waals surface area contributed by atoms with E-state index in [1.807, 2.05) is 6.92 Å². The second kappa shape index (κ2) is 6.17. The zero-order valence-electron chi connectivity index (χ0n) is 8.67. The van der Waals surface area contributed by atoms with E-state index < -0.39 is 23.5 Å². The quantitative estimate of drug-likeness (QED) is 0.232. The third kappa shape index (κ3) is 4.35. The Hall–Kier alpha value is -1.49. The number of hydrogen-bond acceptors (Lipinski definition) is 2. The molecule has 0 radical (unpaired) electrons. The Balaban J connectivity index is 4.59. The van der Waals surface area contributed by atoms with Crippen molar-refractivity contribution in [2.75, 3.05) is 0 Å². The Morgan fingerprint density at radius 3 is 2.19 bits per heavy atom. The average Bonchev–Trinajstić information content (AvgIpc) is 2.17. The van der Waals surface area contributed by atoms with Gasteiger partial charge in [-0.05, 0) is 6.42 Å². The van der Waals surface area contributed by atoms with Gasteiger partial charge in [0, 0.05) is 6.42 Å². The number of halogens is 3. The van der Waals surface area contributed by atoms with E-state index in [9.17, 15) is 22.8 Å². The van der Waals surface area contributed by atoms with Crippen molar-refractivity contribution < 1.29 is 27.6 Å². The van der Waals surface area contributed by atoms with Gasteiger partial charge in [0.25, 0.3) is 0 Å². The monoisotopic (exact) mass is 236 g/mol. The third-order valence-electron chi connectivity index (χ3n) is 1.84. The topological polar surface area (TPSA) is 70.5 Å². The molecule has 0 amide bonds. The van der Waals surface area contributed by atoms with E-state index in [4.69, 9.17) is 5.53 Å². The van der Waals surface area contributed by atoms with E-state index in [0.717, 1.165) is 6.42 Å². The van der Waals surface area contributed by atoms with Crippen molar-refractivity contribution in [2.45, 2.75) is 38.8 Å². The van der Waals surface area contributed by atoms with Crippen molar-refractivity contribution in [1.29, 1.82) is 0 Å². The number of alkyl halides is 3. The number of unbranched alkanes of at least 4 members (excludes halogenated alkanes) is 2. The van der Waals surface area contributed by atoms with E-state index in [1.54, 1.807) is 0 Å². The van der Waals surface area contributed by atoms with Gasteiger partial charge in [0.1, 0.15) is 0 Å². The van der Waals surface area contributed by atoms with Crippen molar-refractivity contribution in [1.82, 2.24) is 0 Å². The van der Waals surface area contributed by atoms with Gasteiger partial charge in [-0.1, -0.05) is 19.8 Å². The van der Waals surface area contributed by atoms with Crippen LogP contribution in [0.25, 0.3) is 5.53 Å². The molecule has 0 aliphatic heterocycles. The summed E-state index contributed by atoms with van der Waals surface area (Å²) in [7, 11) is 0. The summed E-state index contributed by atoms with van der Waals surface area (Å²) in [5.41, 5.74) is 6.79. The van der Waals surface area contributed by atoms with Crippen LogP contribution in [-0.4, -0.2) is 28.2 Å². The lowest BCUT2D eigenvalue weighted by Crippen LogP contribution is -2.36. The maximum Gasteiger partial charge on any atom is 0.462 e. The maximum absolute atomic E-state index is 11.9. The van der Waals surface area contributed by atoms with Crippen LogP contribution in [-0.2, 0) is 9.59 Å². The van der Waals surface area contributed by atoms with Gasteiger partial charge in [-0.25, -0.2) is 0 Å². The number of hydrogen-bond donors (Lipinski definition) is 0. The lowest BCUT2D eigenvalue weighted by atomic mass is 10.1. The van der Waals surface area contributed by atoms with Crippen LogP contribution in [0.3, 0.4) is 0 Å². The number of ketones is 2. The summed E-state index contributed by atoms with van der Waals surface area (Å²) in [5, 5.41) is 0. The second-order valence-corrected chi connectivity index (χ2v) is 3.16. The van der Waals surface area contributed by atoms with Gasteiger partial charge in [-0.15, -0.1) is 0 Å². The molecule has 0 fully saturated rings. The van der Waals surface area contributed by atoms with Crippen molar-refractivity contribution in [3.8, 4) is 0 Å². The summed E-state index contributed by atoms with van der Waals surface area (Å²) >= 11 is 0. The van der Waals surface area contributed by atoms with Gasteiger partial charge in [0.2, 0.25) is 5.78 Å². The summed E-state index contributed by atoms with van der Waals surface area (Å²) in [4.78, 5) is 23.9. The first kappa shape index (κ1) is 14.5.